The van der Waals surface area contributed by atoms with Gasteiger partial charge in [-0.3, -0.25) is 0 Å². The lowest BCUT2D eigenvalue weighted by Crippen LogP contribution is -2.44. The van der Waals surface area contributed by atoms with E-state index in [9.17, 15) is 0 Å². The Balaban J connectivity index is 2.06. The van der Waals surface area contributed by atoms with Gasteiger partial charge in [-0.15, -0.1) is 0 Å². The first-order chi connectivity index (χ1) is 9.11. The van der Waals surface area contributed by atoms with E-state index in [0.717, 1.165) is 18.4 Å². The van der Waals surface area contributed by atoms with E-state index in [1.54, 1.807) is 0 Å². The molecule has 2 nitrogen and oxygen atoms in total. The third-order valence-corrected chi connectivity index (χ3v) is 4.78. The molecule has 106 valence electrons. The highest BCUT2D eigenvalue weighted by Crippen LogP contribution is 2.33. The van der Waals surface area contributed by atoms with Crippen LogP contribution in [0.2, 0.25) is 0 Å². The minimum Gasteiger partial charge on any atom is -0.370 e. The van der Waals surface area contributed by atoms with E-state index in [2.05, 4.69) is 50.1 Å². The molecule has 0 amide bonds. The standard InChI is InChI=1S/C17H28N2/c1-13-4-8-15(9-5-13)17(12-18)19(3)16-10-6-14(2)7-11-16/h6-7,10-11,13,15,17H,4-5,8-9,12,18H2,1-3H3. The molecule has 1 unspecified atom stereocenters. The van der Waals surface area contributed by atoms with Crippen LogP contribution in [0.1, 0.15) is 38.2 Å². The third-order valence-electron chi connectivity index (χ3n) is 4.78. The van der Waals surface area contributed by atoms with Crippen LogP contribution in [-0.4, -0.2) is 19.6 Å². The number of nitrogens with zero attached hydrogens (tertiary/aromatic N) is 1. The predicted molar refractivity (Wildman–Crippen MR) is 83.5 cm³/mol. The summed E-state index contributed by atoms with van der Waals surface area (Å²) in [6.07, 6.45) is 5.39. The van der Waals surface area contributed by atoms with Gasteiger partial charge in [-0.2, -0.15) is 0 Å². The van der Waals surface area contributed by atoms with Crippen molar-refractivity contribution in [3.8, 4) is 0 Å². The lowest BCUT2D eigenvalue weighted by molar-refractivity contribution is 0.253. The van der Waals surface area contributed by atoms with E-state index in [1.807, 2.05) is 0 Å². The number of anilines is 1. The predicted octanol–water partition coefficient (Wildman–Crippen LogP) is 3.58. The Morgan fingerprint density at radius 2 is 1.74 bits per heavy atom. The molecule has 0 bridgehead atoms. The van der Waals surface area contributed by atoms with Gasteiger partial charge in [0.2, 0.25) is 0 Å². The number of aryl methyl sites for hydroxylation is 1. The smallest absolute Gasteiger partial charge is 0.0437 e. The highest BCUT2D eigenvalue weighted by molar-refractivity contribution is 5.48. The Hall–Kier alpha value is -1.02. The molecule has 1 atom stereocenters. The van der Waals surface area contributed by atoms with Gasteiger partial charge in [0, 0.05) is 25.3 Å². The average Bonchev–Trinajstić information content (AvgIpc) is 2.42. The Morgan fingerprint density at radius 1 is 1.16 bits per heavy atom. The largest absolute Gasteiger partial charge is 0.370 e. The summed E-state index contributed by atoms with van der Waals surface area (Å²) < 4.78 is 0. The fourth-order valence-corrected chi connectivity index (χ4v) is 3.31. The van der Waals surface area contributed by atoms with Crippen LogP contribution in [0.4, 0.5) is 5.69 Å². The molecule has 2 rings (SSSR count). The van der Waals surface area contributed by atoms with Crippen LogP contribution in [0, 0.1) is 18.8 Å². The van der Waals surface area contributed by atoms with Crippen molar-refractivity contribution in [2.24, 2.45) is 17.6 Å². The Labute approximate surface area is 118 Å². The highest BCUT2D eigenvalue weighted by atomic mass is 15.1. The molecule has 1 fully saturated rings. The molecule has 1 saturated carbocycles. The molecule has 0 saturated heterocycles. The van der Waals surface area contributed by atoms with Gasteiger partial charge >= 0.3 is 0 Å². The zero-order chi connectivity index (χ0) is 13.8. The molecule has 2 heteroatoms. The second-order valence-corrected chi connectivity index (χ2v) is 6.27. The van der Waals surface area contributed by atoms with Gasteiger partial charge in [0.25, 0.3) is 0 Å². The molecule has 0 heterocycles. The van der Waals surface area contributed by atoms with Gasteiger partial charge in [0.1, 0.15) is 0 Å². The molecule has 1 aromatic rings. The monoisotopic (exact) mass is 260 g/mol. The third kappa shape index (κ3) is 3.50. The van der Waals surface area contributed by atoms with E-state index in [1.165, 1.54) is 36.9 Å². The van der Waals surface area contributed by atoms with Crippen LogP contribution in [0.25, 0.3) is 0 Å². The zero-order valence-corrected chi connectivity index (χ0v) is 12.6. The molecule has 0 aliphatic heterocycles. The fourth-order valence-electron chi connectivity index (χ4n) is 3.31. The number of benzene rings is 1. The topological polar surface area (TPSA) is 29.3 Å². The van der Waals surface area contributed by atoms with Crippen molar-refractivity contribution >= 4 is 5.69 Å². The Morgan fingerprint density at radius 3 is 2.26 bits per heavy atom. The molecule has 0 spiro atoms. The first-order valence-corrected chi connectivity index (χ1v) is 7.61. The lowest BCUT2D eigenvalue weighted by atomic mass is 9.78. The maximum absolute atomic E-state index is 6.06. The maximum atomic E-state index is 6.06. The van der Waals surface area contributed by atoms with Crippen molar-refractivity contribution in [1.29, 1.82) is 0 Å². The van der Waals surface area contributed by atoms with Crippen molar-refractivity contribution in [2.75, 3.05) is 18.5 Å². The van der Waals surface area contributed by atoms with Crippen LogP contribution in [-0.2, 0) is 0 Å². The van der Waals surface area contributed by atoms with Crippen LogP contribution in [0.15, 0.2) is 24.3 Å². The van der Waals surface area contributed by atoms with E-state index in [0.29, 0.717) is 6.04 Å². The fraction of sp³-hybridized carbons (Fsp3) is 0.647. The second-order valence-electron chi connectivity index (χ2n) is 6.27. The first-order valence-electron chi connectivity index (χ1n) is 7.61. The van der Waals surface area contributed by atoms with Gasteiger partial charge < -0.3 is 10.6 Å². The number of rotatable bonds is 4. The van der Waals surface area contributed by atoms with Gasteiger partial charge in [-0.25, -0.2) is 0 Å². The number of hydrogen-bond acceptors (Lipinski definition) is 2. The van der Waals surface area contributed by atoms with Gasteiger partial charge in [-0.05, 0) is 43.7 Å². The second kappa shape index (κ2) is 6.42. The van der Waals surface area contributed by atoms with Crippen LogP contribution in [0.3, 0.4) is 0 Å². The average molecular weight is 260 g/mol. The Kier molecular flexibility index (Phi) is 4.87. The molecular formula is C17H28N2. The first kappa shape index (κ1) is 14.4. The van der Waals surface area contributed by atoms with Crippen LogP contribution >= 0.6 is 0 Å². The zero-order valence-electron chi connectivity index (χ0n) is 12.6. The van der Waals surface area contributed by atoms with E-state index < -0.39 is 0 Å². The summed E-state index contributed by atoms with van der Waals surface area (Å²) in [4.78, 5) is 2.39. The normalized spacial score (nSPS) is 25.1. The molecule has 1 aliphatic rings. The summed E-state index contributed by atoms with van der Waals surface area (Å²) in [5, 5.41) is 0. The lowest BCUT2D eigenvalue weighted by Gasteiger charge is -2.38. The molecule has 0 aromatic heterocycles. The summed E-state index contributed by atoms with van der Waals surface area (Å²) in [6, 6.07) is 9.27. The van der Waals surface area contributed by atoms with E-state index in [4.69, 9.17) is 5.73 Å². The Bertz CT molecular complexity index is 377. The molecule has 0 radical (unpaired) electrons. The summed E-state index contributed by atoms with van der Waals surface area (Å²) in [6.45, 7) is 5.26. The van der Waals surface area contributed by atoms with Crippen molar-refractivity contribution in [2.45, 2.75) is 45.6 Å². The number of hydrogen-bond donors (Lipinski definition) is 1. The van der Waals surface area contributed by atoms with Crippen LogP contribution < -0.4 is 10.6 Å². The van der Waals surface area contributed by atoms with Crippen molar-refractivity contribution in [1.82, 2.24) is 0 Å². The van der Waals surface area contributed by atoms with Crippen molar-refractivity contribution < 1.29 is 0 Å². The van der Waals surface area contributed by atoms with Crippen molar-refractivity contribution in [3.05, 3.63) is 29.8 Å². The molecule has 19 heavy (non-hydrogen) atoms. The summed E-state index contributed by atoms with van der Waals surface area (Å²) in [5.41, 5.74) is 8.67. The molecule has 1 aromatic carbocycles. The highest BCUT2D eigenvalue weighted by Gasteiger charge is 2.28. The van der Waals surface area contributed by atoms with Crippen molar-refractivity contribution in [3.63, 3.8) is 0 Å². The minimum atomic E-state index is 0.482. The number of nitrogens with two attached hydrogens (primary N) is 1. The van der Waals surface area contributed by atoms with Crippen LogP contribution in [0.5, 0.6) is 0 Å². The minimum absolute atomic E-state index is 0.482. The SMILES string of the molecule is Cc1ccc(N(C)C(CN)C2CCC(C)CC2)cc1. The summed E-state index contributed by atoms with van der Waals surface area (Å²) in [5.74, 6) is 1.66. The van der Waals surface area contributed by atoms with E-state index in [-0.39, 0.29) is 0 Å². The molecule has 1 aliphatic carbocycles. The molecule has 2 N–H and O–H groups in total. The summed E-state index contributed by atoms with van der Waals surface area (Å²) >= 11 is 0. The van der Waals surface area contributed by atoms with Gasteiger partial charge in [-0.1, -0.05) is 37.5 Å². The van der Waals surface area contributed by atoms with Gasteiger partial charge in [0.15, 0.2) is 0 Å². The number of likely N-dealkylation sites (N-methyl/N-ethyl adjacent to an activating group) is 1. The maximum Gasteiger partial charge on any atom is 0.0437 e. The molecular weight excluding hydrogens is 232 g/mol. The summed E-state index contributed by atoms with van der Waals surface area (Å²) in [7, 11) is 2.19. The van der Waals surface area contributed by atoms with E-state index >= 15 is 0 Å². The quantitative estimate of drug-likeness (QED) is 0.896. The van der Waals surface area contributed by atoms with Gasteiger partial charge in [0.05, 0.1) is 0 Å².